The molecule has 0 unspecified atom stereocenters. The molecular weight excluding hydrogens is 372 g/mol. The summed E-state index contributed by atoms with van der Waals surface area (Å²) in [5.74, 6) is -1.86. The predicted octanol–water partition coefficient (Wildman–Crippen LogP) is 3.93. The fraction of sp³-hybridized carbons (Fsp3) is 0.0455. The number of nitro groups is 1. The number of anilines is 1. The number of rotatable bonds is 3. The molecule has 0 aliphatic heterocycles. The van der Waals surface area contributed by atoms with Gasteiger partial charge in [0.15, 0.2) is 5.78 Å². The third-order valence-electron chi connectivity index (χ3n) is 4.89. The number of nitrogens with zero attached hydrogens (tertiary/aromatic N) is 1. The van der Waals surface area contributed by atoms with Gasteiger partial charge in [0.2, 0.25) is 5.78 Å². The number of hydrogen-bond acceptors (Lipinski definition) is 5. The van der Waals surface area contributed by atoms with Gasteiger partial charge in [-0.1, -0.05) is 42.5 Å². The number of fused-ring (bicyclic) bond motifs is 2. The lowest BCUT2D eigenvalue weighted by molar-refractivity contribution is -0.385. The third-order valence-corrected chi connectivity index (χ3v) is 4.89. The SMILES string of the molecule is Cc1ccccc1NC(=O)c1ccc2c(c1[N+](=O)[O-])C(=O)c1ccccc1C2=O. The Morgan fingerprint density at radius 2 is 1.48 bits per heavy atom. The molecule has 1 N–H and O–H groups in total. The van der Waals surface area contributed by atoms with Crippen LogP contribution in [0.25, 0.3) is 0 Å². The van der Waals surface area contributed by atoms with Gasteiger partial charge in [0, 0.05) is 22.4 Å². The first kappa shape index (κ1) is 18.2. The Hall–Kier alpha value is -4.13. The van der Waals surface area contributed by atoms with Gasteiger partial charge in [0.05, 0.1) is 4.92 Å². The fourth-order valence-corrected chi connectivity index (χ4v) is 3.44. The summed E-state index contributed by atoms with van der Waals surface area (Å²) in [6, 6.07) is 15.6. The van der Waals surface area contributed by atoms with Crippen LogP contribution >= 0.6 is 0 Å². The second-order valence-electron chi connectivity index (χ2n) is 6.61. The zero-order valence-corrected chi connectivity index (χ0v) is 15.3. The van der Waals surface area contributed by atoms with E-state index in [1.165, 1.54) is 24.3 Å². The second-order valence-corrected chi connectivity index (χ2v) is 6.61. The largest absolute Gasteiger partial charge is 0.322 e. The molecule has 0 aromatic heterocycles. The van der Waals surface area contributed by atoms with E-state index in [1.807, 2.05) is 0 Å². The van der Waals surface area contributed by atoms with Crippen molar-refractivity contribution < 1.29 is 19.3 Å². The van der Waals surface area contributed by atoms with Gasteiger partial charge < -0.3 is 5.32 Å². The molecule has 142 valence electrons. The van der Waals surface area contributed by atoms with Crippen LogP contribution in [-0.4, -0.2) is 22.4 Å². The minimum absolute atomic E-state index is 0.0761. The minimum atomic E-state index is -0.787. The molecule has 7 heteroatoms. The van der Waals surface area contributed by atoms with E-state index in [9.17, 15) is 24.5 Å². The molecule has 1 aliphatic rings. The van der Waals surface area contributed by atoms with Gasteiger partial charge in [0.1, 0.15) is 11.1 Å². The molecule has 3 aromatic carbocycles. The number of benzene rings is 3. The summed E-state index contributed by atoms with van der Waals surface area (Å²) >= 11 is 0. The topological polar surface area (TPSA) is 106 Å². The first-order chi connectivity index (χ1) is 13.9. The number of para-hydroxylation sites is 1. The van der Waals surface area contributed by atoms with Crippen LogP contribution in [0.1, 0.15) is 47.8 Å². The van der Waals surface area contributed by atoms with Gasteiger partial charge >= 0.3 is 0 Å². The van der Waals surface area contributed by atoms with Gasteiger partial charge in [-0.2, -0.15) is 0 Å². The predicted molar refractivity (Wildman–Crippen MR) is 106 cm³/mol. The van der Waals surface area contributed by atoms with E-state index in [0.717, 1.165) is 5.56 Å². The van der Waals surface area contributed by atoms with Gasteiger partial charge in [-0.25, -0.2) is 0 Å². The summed E-state index contributed by atoms with van der Waals surface area (Å²) in [6.07, 6.45) is 0. The number of hydrogen-bond donors (Lipinski definition) is 1. The lowest BCUT2D eigenvalue weighted by atomic mass is 9.82. The number of carbonyl (C=O) groups excluding carboxylic acids is 3. The van der Waals surface area contributed by atoms with Gasteiger partial charge in [-0.05, 0) is 30.7 Å². The highest BCUT2D eigenvalue weighted by Gasteiger charge is 2.38. The summed E-state index contributed by atoms with van der Waals surface area (Å²) in [6.45, 7) is 1.79. The van der Waals surface area contributed by atoms with Crippen molar-refractivity contribution in [3.63, 3.8) is 0 Å². The highest BCUT2D eigenvalue weighted by molar-refractivity contribution is 6.30. The average molecular weight is 386 g/mol. The molecule has 29 heavy (non-hydrogen) atoms. The Kier molecular flexibility index (Phi) is 4.27. The Balaban J connectivity index is 1.87. The summed E-state index contributed by atoms with van der Waals surface area (Å²) in [5, 5.41) is 14.5. The number of aryl methyl sites for hydroxylation is 1. The Labute approximate surface area is 165 Å². The molecule has 0 radical (unpaired) electrons. The van der Waals surface area contributed by atoms with Gasteiger partial charge in [-0.15, -0.1) is 0 Å². The van der Waals surface area contributed by atoms with E-state index in [4.69, 9.17) is 0 Å². The normalized spacial score (nSPS) is 12.2. The Bertz CT molecular complexity index is 1230. The van der Waals surface area contributed by atoms with Crippen LogP contribution in [0.2, 0.25) is 0 Å². The molecule has 0 saturated heterocycles. The van der Waals surface area contributed by atoms with Crippen LogP contribution in [0.15, 0.2) is 60.7 Å². The number of ketones is 2. The lowest BCUT2D eigenvalue weighted by Gasteiger charge is -2.18. The zero-order chi connectivity index (χ0) is 20.7. The van der Waals surface area contributed by atoms with E-state index < -0.39 is 28.1 Å². The molecule has 4 rings (SSSR count). The van der Waals surface area contributed by atoms with Crippen LogP contribution in [0.4, 0.5) is 11.4 Å². The van der Waals surface area contributed by atoms with Crippen molar-refractivity contribution in [2.24, 2.45) is 0 Å². The first-order valence-electron chi connectivity index (χ1n) is 8.77. The van der Waals surface area contributed by atoms with Crippen LogP contribution in [0.3, 0.4) is 0 Å². The molecular formula is C22H14N2O5. The maximum Gasteiger partial charge on any atom is 0.294 e. The van der Waals surface area contributed by atoms with E-state index in [0.29, 0.717) is 5.69 Å². The molecule has 1 amide bonds. The Morgan fingerprint density at radius 1 is 0.862 bits per heavy atom. The molecule has 0 spiro atoms. The molecule has 0 saturated carbocycles. The number of nitro benzene ring substituents is 1. The highest BCUT2D eigenvalue weighted by atomic mass is 16.6. The third kappa shape index (κ3) is 2.89. The van der Waals surface area contributed by atoms with Crippen molar-refractivity contribution in [1.82, 2.24) is 0 Å². The van der Waals surface area contributed by atoms with Gasteiger partial charge in [0.25, 0.3) is 11.6 Å². The van der Waals surface area contributed by atoms with Gasteiger partial charge in [-0.3, -0.25) is 24.5 Å². The number of nitrogens with one attached hydrogen (secondary N) is 1. The first-order valence-corrected chi connectivity index (χ1v) is 8.77. The van der Waals surface area contributed by atoms with Crippen LogP contribution in [0, 0.1) is 17.0 Å². The summed E-state index contributed by atoms with van der Waals surface area (Å²) in [7, 11) is 0. The molecule has 0 atom stereocenters. The van der Waals surface area contributed by atoms with Crippen molar-refractivity contribution >= 4 is 28.8 Å². The summed E-state index contributed by atoms with van der Waals surface area (Å²) in [4.78, 5) is 49.6. The maximum absolute atomic E-state index is 13.0. The zero-order valence-electron chi connectivity index (χ0n) is 15.3. The van der Waals surface area contributed by atoms with Crippen LogP contribution in [-0.2, 0) is 0 Å². The van der Waals surface area contributed by atoms with E-state index in [-0.39, 0.29) is 27.8 Å². The molecule has 1 aliphatic carbocycles. The van der Waals surface area contributed by atoms with Crippen molar-refractivity contribution in [3.05, 3.63) is 104 Å². The summed E-state index contributed by atoms with van der Waals surface area (Å²) < 4.78 is 0. The van der Waals surface area contributed by atoms with E-state index >= 15 is 0 Å². The standard InChI is InChI=1S/C22H14N2O5/c1-12-6-2-5-9-17(12)23-22(27)16-11-10-15-18(19(16)24(28)29)21(26)14-8-4-3-7-13(14)20(15)25/h2-11H,1H3,(H,23,27). The number of carbonyl (C=O) groups is 3. The molecule has 3 aromatic rings. The molecule has 7 nitrogen and oxygen atoms in total. The lowest BCUT2D eigenvalue weighted by Crippen LogP contribution is -2.24. The smallest absolute Gasteiger partial charge is 0.294 e. The molecule has 0 fully saturated rings. The highest BCUT2D eigenvalue weighted by Crippen LogP contribution is 2.35. The molecule has 0 bridgehead atoms. The van der Waals surface area contributed by atoms with Crippen molar-refractivity contribution in [2.75, 3.05) is 5.32 Å². The maximum atomic E-state index is 13.0. The van der Waals surface area contributed by atoms with E-state index in [2.05, 4.69) is 5.32 Å². The Morgan fingerprint density at radius 3 is 2.14 bits per heavy atom. The second kappa shape index (κ2) is 6.79. The molecule has 0 heterocycles. The number of amides is 1. The summed E-state index contributed by atoms with van der Waals surface area (Å²) in [5.41, 5.74) is 0.183. The monoisotopic (exact) mass is 386 g/mol. The van der Waals surface area contributed by atoms with E-state index in [1.54, 1.807) is 43.3 Å². The van der Waals surface area contributed by atoms with Crippen molar-refractivity contribution in [2.45, 2.75) is 6.92 Å². The fourth-order valence-electron chi connectivity index (χ4n) is 3.44. The van der Waals surface area contributed by atoms with Crippen molar-refractivity contribution in [3.8, 4) is 0 Å². The average Bonchev–Trinajstić information content (AvgIpc) is 2.72. The minimum Gasteiger partial charge on any atom is -0.322 e. The quantitative estimate of drug-likeness (QED) is 0.424. The van der Waals surface area contributed by atoms with Crippen LogP contribution in [0.5, 0.6) is 0 Å². The van der Waals surface area contributed by atoms with Crippen molar-refractivity contribution in [1.29, 1.82) is 0 Å². The van der Waals surface area contributed by atoms with Crippen LogP contribution < -0.4 is 5.32 Å².